The van der Waals surface area contributed by atoms with Gasteiger partial charge in [0.05, 0.1) is 17.8 Å². The zero-order valence-corrected chi connectivity index (χ0v) is 27.7. The van der Waals surface area contributed by atoms with Crippen molar-refractivity contribution in [3.05, 3.63) is 148 Å². The van der Waals surface area contributed by atoms with Crippen LogP contribution in [0, 0.1) is 0 Å². The Morgan fingerprint density at radius 1 is 0.796 bits per heavy atom. The molecule has 5 aromatic rings. The van der Waals surface area contributed by atoms with Crippen LogP contribution in [-0.4, -0.2) is 11.8 Å². The number of carbonyl (C=O) groups excluding carboxylic acids is 2. The number of halogens is 5. The van der Waals surface area contributed by atoms with Gasteiger partial charge >= 0.3 is 6.18 Å². The van der Waals surface area contributed by atoms with E-state index in [1.54, 1.807) is 42.5 Å². The van der Waals surface area contributed by atoms with Crippen molar-refractivity contribution in [2.45, 2.75) is 38.7 Å². The van der Waals surface area contributed by atoms with Crippen molar-refractivity contribution in [3.63, 3.8) is 0 Å². The summed E-state index contributed by atoms with van der Waals surface area (Å²) in [5.74, 6) is -0.00617. The second-order valence-electron chi connectivity index (χ2n) is 11.2. The van der Waals surface area contributed by atoms with Crippen LogP contribution in [0.4, 0.5) is 18.9 Å². The molecule has 0 bridgehead atoms. The van der Waals surface area contributed by atoms with Gasteiger partial charge in [-0.05, 0) is 64.7 Å². The number of hydrogen-bond donors (Lipinski definition) is 2. The Bertz CT molecular complexity index is 1930. The molecule has 0 unspecified atom stereocenters. The lowest BCUT2D eigenvalue weighted by atomic mass is 10.0. The van der Waals surface area contributed by atoms with E-state index >= 15 is 0 Å². The number of hydrogen-bond acceptors (Lipinski definition) is 4. The van der Waals surface area contributed by atoms with E-state index in [0.29, 0.717) is 33.8 Å². The van der Waals surface area contributed by atoms with Crippen molar-refractivity contribution in [3.8, 4) is 22.6 Å². The van der Waals surface area contributed by atoms with E-state index < -0.39 is 17.6 Å². The number of anilines is 1. The van der Waals surface area contributed by atoms with Crippen LogP contribution >= 0.6 is 23.2 Å². The maximum Gasteiger partial charge on any atom is 0.416 e. The first kappa shape index (κ1) is 35.5. The summed E-state index contributed by atoms with van der Waals surface area (Å²) < 4.78 is 46.5. The third-order valence-electron chi connectivity index (χ3n) is 7.72. The number of nitrogens with one attached hydrogen (secondary N) is 1. The van der Waals surface area contributed by atoms with Crippen molar-refractivity contribution < 1.29 is 27.5 Å². The molecule has 6 nitrogen and oxygen atoms in total. The minimum atomic E-state index is -4.56. The minimum absolute atomic E-state index is 0.0654. The van der Waals surface area contributed by atoms with Crippen LogP contribution < -0.4 is 20.7 Å². The number of alkyl halides is 3. The van der Waals surface area contributed by atoms with Gasteiger partial charge in [-0.2, -0.15) is 13.2 Å². The summed E-state index contributed by atoms with van der Waals surface area (Å²) >= 11 is 12.5. The van der Waals surface area contributed by atoms with Gasteiger partial charge in [0, 0.05) is 41.5 Å². The monoisotopic (exact) mass is 705 g/mol. The first-order valence-electron chi connectivity index (χ1n) is 15.3. The number of para-hydroxylation sites is 2. The van der Waals surface area contributed by atoms with Crippen molar-refractivity contribution in [2.75, 3.05) is 4.90 Å². The molecule has 2 amide bonds. The van der Waals surface area contributed by atoms with Crippen molar-refractivity contribution in [1.82, 2.24) is 5.32 Å². The summed E-state index contributed by atoms with van der Waals surface area (Å²) in [6.07, 6.45) is -5.00. The van der Waals surface area contributed by atoms with Gasteiger partial charge in [0.1, 0.15) is 5.75 Å². The molecule has 3 N–H and O–H groups in total. The molecular formula is C38H32Cl2F3N3O3. The van der Waals surface area contributed by atoms with Crippen molar-refractivity contribution in [1.29, 1.82) is 0 Å². The zero-order valence-electron chi connectivity index (χ0n) is 26.1. The number of ether oxygens (including phenoxy) is 1. The van der Waals surface area contributed by atoms with Gasteiger partial charge in [-0.15, -0.1) is 0 Å². The summed E-state index contributed by atoms with van der Waals surface area (Å²) in [6.45, 7) is 0.136. The van der Waals surface area contributed by atoms with Crippen LogP contribution in [0.1, 0.15) is 35.1 Å². The zero-order chi connectivity index (χ0) is 35.0. The van der Waals surface area contributed by atoms with Gasteiger partial charge in [0.25, 0.3) is 0 Å². The maximum absolute atomic E-state index is 13.9. The molecule has 0 fully saturated rings. The second kappa shape index (κ2) is 16.0. The topological polar surface area (TPSA) is 84.7 Å². The van der Waals surface area contributed by atoms with Crippen LogP contribution in [0.15, 0.2) is 115 Å². The first-order chi connectivity index (χ1) is 23.5. The molecule has 0 aliphatic carbocycles. The molecule has 0 aliphatic rings. The lowest BCUT2D eigenvalue weighted by molar-refractivity contribution is -0.138. The van der Waals surface area contributed by atoms with Crippen LogP contribution in [0.2, 0.25) is 10.0 Å². The highest BCUT2D eigenvalue weighted by Crippen LogP contribution is 2.36. The van der Waals surface area contributed by atoms with Crippen molar-refractivity contribution in [2.24, 2.45) is 5.73 Å². The molecule has 0 heterocycles. The van der Waals surface area contributed by atoms with Gasteiger partial charge in [-0.25, -0.2) is 0 Å². The molecule has 0 saturated heterocycles. The number of rotatable bonds is 12. The molecule has 0 atom stereocenters. The molecule has 49 heavy (non-hydrogen) atoms. The van der Waals surface area contributed by atoms with Gasteiger partial charge in [0.15, 0.2) is 5.75 Å². The smallest absolute Gasteiger partial charge is 0.416 e. The molecule has 0 radical (unpaired) electrons. The van der Waals surface area contributed by atoms with Crippen LogP contribution in [0.3, 0.4) is 0 Å². The lowest BCUT2D eigenvalue weighted by Crippen LogP contribution is -2.32. The maximum atomic E-state index is 13.9. The van der Waals surface area contributed by atoms with E-state index in [-0.39, 0.29) is 37.4 Å². The molecule has 0 spiro atoms. The average Bonchev–Trinajstić information content (AvgIpc) is 3.09. The molecule has 0 aliphatic heterocycles. The van der Waals surface area contributed by atoms with Crippen molar-refractivity contribution >= 4 is 40.7 Å². The highest BCUT2D eigenvalue weighted by atomic mass is 35.5. The Morgan fingerprint density at radius 3 is 2.27 bits per heavy atom. The Labute approximate surface area is 292 Å². The Morgan fingerprint density at radius 2 is 1.53 bits per heavy atom. The predicted molar refractivity (Wildman–Crippen MR) is 186 cm³/mol. The fourth-order valence-corrected chi connectivity index (χ4v) is 5.74. The third kappa shape index (κ3) is 9.41. The van der Waals surface area contributed by atoms with Gasteiger partial charge in [0.2, 0.25) is 11.8 Å². The van der Waals surface area contributed by atoms with Gasteiger partial charge < -0.3 is 20.7 Å². The molecule has 5 rings (SSSR count). The summed E-state index contributed by atoms with van der Waals surface area (Å²) in [5.41, 5.74) is 8.70. The molecular weight excluding hydrogens is 674 g/mol. The first-order valence-corrected chi connectivity index (χ1v) is 16.1. The highest BCUT2D eigenvalue weighted by Gasteiger charge is 2.33. The molecule has 5 aromatic carbocycles. The number of carbonyl (C=O) groups is 2. The Hall–Kier alpha value is -4.83. The molecule has 11 heteroatoms. The fourth-order valence-electron chi connectivity index (χ4n) is 5.22. The minimum Gasteiger partial charge on any atom is -0.455 e. The van der Waals surface area contributed by atoms with Gasteiger partial charge in [-0.1, -0.05) is 96.0 Å². The van der Waals surface area contributed by atoms with E-state index in [2.05, 4.69) is 5.32 Å². The molecule has 252 valence electrons. The van der Waals surface area contributed by atoms with E-state index in [0.717, 1.165) is 28.3 Å². The Kier molecular flexibility index (Phi) is 11.6. The number of nitrogens with two attached hydrogens (primary N) is 1. The number of amides is 2. The summed E-state index contributed by atoms with van der Waals surface area (Å²) in [6, 6.07) is 32.1. The quantitative estimate of drug-likeness (QED) is 0.135. The summed E-state index contributed by atoms with van der Waals surface area (Å²) in [7, 11) is 0. The normalized spacial score (nSPS) is 11.2. The highest BCUT2D eigenvalue weighted by molar-refractivity contribution is 6.36. The standard InChI is InChI=1S/C38H32Cl2F3N3O3/c39-29-16-17-31(33(40)21-29)27-14-12-25(13-15-27)24-46(34-10-3-4-11-35(34)49-30-8-5-6-26(20-30)22-44)37(48)19-18-36(47)45-23-28-7-1-2-9-32(28)38(41,42)43/h1-17,20-21H,18-19,22-24,44H2,(H,45,47). The van der Waals surface area contributed by atoms with Crippen LogP contribution in [0.25, 0.3) is 11.1 Å². The van der Waals surface area contributed by atoms with E-state index in [1.165, 1.54) is 23.1 Å². The van der Waals surface area contributed by atoms with E-state index in [4.69, 9.17) is 33.7 Å². The van der Waals surface area contributed by atoms with Crippen LogP contribution in [0.5, 0.6) is 11.5 Å². The largest absolute Gasteiger partial charge is 0.455 e. The molecule has 0 saturated carbocycles. The van der Waals surface area contributed by atoms with E-state index in [1.807, 2.05) is 48.5 Å². The van der Waals surface area contributed by atoms with Gasteiger partial charge in [-0.3, -0.25) is 9.59 Å². The average molecular weight is 707 g/mol. The third-order valence-corrected chi connectivity index (χ3v) is 8.27. The van der Waals surface area contributed by atoms with E-state index in [9.17, 15) is 22.8 Å². The number of benzene rings is 5. The fraction of sp³-hybridized carbons (Fsp3) is 0.158. The summed E-state index contributed by atoms with van der Waals surface area (Å²) in [5, 5.41) is 3.54. The number of nitrogens with zero attached hydrogens (tertiary/aromatic N) is 1. The predicted octanol–water partition coefficient (Wildman–Crippen LogP) is 9.56. The Balaban J connectivity index is 1.37. The second-order valence-corrected chi connectivity index (χ2v) is 12.0. The van der Waals surface area contributed by atoms with Crippen LogP contribution in [-0.2, 0) is 35.4 Å². The molecule has 0 aromatic heterocycles. The summed E-state index contributed by atoms with van der Waals surface area (Å²) in [4.78, 5) is 28.2. The SMILES string of the molecule is NCc1cccc(Oc2ccccc2N(Cc2ccc(-c3ccc(Cl)cc3Cl)cc2)C(=O)CCC(=O)NCc2ccccc2C(F)(F)F)c1. The lowest BCUT2D eigenvalue weighted by Gasteiger charge is -2.25.